The minimum atomic E-state index is -3.82. The number of carbonyl (C=O) groups excluding carboxylic acids is 1. The molecule has 1 atom stereocenters. The van der Waals surface area contributed by atoms with E-state index in [2.05, 4.69) is 12.2 Å². The maximum atomic E-state index is 12.3. The first kappa shape index (κ1) is 16.4. The van der Waals surface area contributed by atoms with Gasteiger partial charge in [0.25, 0.3) is 15.0 Å². The quantitative estimate of drug-likeness (QED) is 0.780. The Morgan fingerprint density at radius 2 is 2.19 bits per heavy atom. The highest BCUT2D eigenvalue weighted by atomic mass is 35.7. The third-order valence-corrected chi connectivity index (χ3v) is 5.18. The molecule has 1 heterocycles. The molecule has 1 aromatic rings. The maximum absolute atomic E-state index is 12.3. The molecule has 0 spiro atoms. The van der Waals surface area contributed by atoms with Gasteiger partial charge in [-0.15, -0.1) is 0 Å². The molecule has 1 aromatic heterocycles. The van der Waals surface area contributed by atoms with Crippen LogP contribution in [0.4, 0.5) is 0 Å². The average molecular weight is 333 g/mol. The van der Waals surface area contributed by atoms with Crippen molar-refractivity contribution in [1.29, 1.82) is 0 Å². The lowest BCUT2D eigenvalue weighted by Crippen LogP contribution is -2.30. The molecule has 0 bridgehead atoms. The first-order valence-electron chi connectivity index (χ1n) is 7.26. The number of hydrogen-bond donors (Lipinski definition) is 1. The molecule has 118 valence electrons. The summed E-state index contributed by atoms with van der Waals surface area (Å²) in [6, 6.07) is 1.34. The Hall–Kier alpha value is -1.01. The van der Waals surface area contributed by atoms with Gasteiger partial charge in [0.1, 0.15) is 10.6 Å². The van der Waals surface area contributed by atoms with Crippen LogP contribution in [-0.2, 0) is 15.6 Å². The van der Waals surface area contributed by atoms with Crippen LogP contribution in [0.5, 0.6) is 0 Å². The summed E-state index contributed by atoms with van der Waals surface area (Å²) in [4.78, 5) is 12.2. The van der Waals surface area contributed by atoms with E-state index >= 15 is 0 Å². The van der Waals surface area contributed by atoms with Gasteiger partial charge in [0, 0.05) is 30.0 Å². The van der Waals surface area contributed by atoms with Crippen molar-refractivity contribution < 1.29 is 13.2 Å². The molecule has 1 saturated carbocycles. The molecule has 0 radical (unpaired) electrons. The van der Waals surface area contributed by atoms with E-state index in [4.69, 9.17) is 10.7 Å². The summed E-state index contributed by atoms with van der Waals surface area (Å²) in [7, 11) is 1.53. The highest BCUT2D eigenvalue weighted by Gasteiger charge is 2.28. The van der Waals surface area contributed by atoms with Gasteiger partial charge in [0.15, 0.2) is 0 Å². The molecule has 7 heteroatoms. The number of halogens is 1. The standard InChI is InChI=1S/C14H21ClN2O3S/c1-3-6-17-9-12(21(15,19)20)7-13(17)14(18)16-8-10(2)11-4-5-11/h7,9-11H,3-6,8H2,1-2H3,(H,16,18). The summed E-state index contributed by atoms with van der Waals surface area (Å²) >= 11 is 0. The van der Waals surface area contributed by atoms with Gasteiger partial charge in [0.05, 0.1) is 0 Å². The number of nitrogens with one attached hydrogen (secondary N) is 1. The molecule has 0 aromatic carbocycles. The van der Waals surface area contributed by atoms with Crippen molar-refractivity contribution in [3.8, 4) is 0 Å². The Balaban J connectivity index is 2.12. The highest BCUT2D eigenvalue weighted by molar-refractivity contribution is 8.13. The van der Waals surface area contributed by atoms with Crippen LogP contribution in [0.3, 0.4) is 0 Å². The summed E-state index contributed by atoms with van der Waals surface area (Å²) in [6.45, 7) is 5.28. The van der Waals surface area contributed by atoms with Crippen molar-refractivity contribution in [2.45, 2.75) is 44.6 Å². The smallest absolute Gasteiger partial charge is 0.267 e. The molecule has 1 aliphatic carbocycles. The third-order valence-electron chi connectivity index (χ3n) is 3.86. The molecule has 1 fully saturated rings. The van der Waals surface area contributed by atoms with Crippen LogP contribution in [-0.4, -0.2) is 25.4 Å². The van der Waals surface area contributed by atoms with Gasteiger partial charge in [-0.25, -0.2) is 8.42 Å². The van der Waals surface area contributed by atoms with Gasteiger partial charge in [-0.05, 0) is 37.2 Å². The number of hydrogen-bond acceptors (Lipinski definition) is 3. The Bertz CT molecular complexity index is 620. The van der Waals surface area contributed by atoms with Crippen LogP contribution in [0.25, 0.3) is 0 Å². The summed E-state index contributed by atoms with van der Waals surface area (Å²) in [5.41, 5.74) is 0.346. The summed E-state index contributed by atoms with van der Waals surface area (Å²) in [6.07, 6.45) is 4.69. The minimum absolute atomic E-state index is 0.0296. The molecule has 1 aliphatic rings. The van der Waals surface area contributed by atoms with Gasteiger partial charge >= 0.3 is 0 Å². The Kier molecular flexibility index (Phi) is 4.99. The van der Waals surface area contributed by atoms with Crippen LogP contribution in [0.15, 0.2) is 17.2 Å². The number of carbonyl (C=O) groups is 1. The van der Waals surface area contributed by atoms with E-state index in [1.54, 1.807) is 4.57 Å². The second-order valence-corrected chi connectivity index (χ2v) is 8.28. The molecular weight excluding hydrogens is 312 g/mol. The van der Waals surface area contributed by atoms with Crippen LogP contribution >= 0.6 is 10.7 Å². The van der Waals surface area contributed by atoms with Crippen molar-refractivity contribution in [2.75, 3.05) is 6.54 Å². The SMILES string of the molecule is CCCn1cc(S(=O)(=O)Cl)cc1C(=O)NCC(C)C1CC1. The van der Waals surface area contributed by atoms with Crippen molar-refractivity contribution in [3.63, 3.8) is 0 Å². The Labute approximate surface area is 130 Å². The molecule has 1 N–H and O–H groups in total. The van der Waals surface area contributed by atoms with E-state index in [9.17, 15) is 13.2 Å². The topological polar surface area (TPSA) is 68.2 Å². The number of amides is 1. The second kappa shape index (κ2) is 6.40. The zero-order valence-electron chi connectivity index (χ0n) is 12.3. The first-order valence-corrected chi connectivity index (χ1v) is 9.57. The lowest BCUT2D eigenvalue weighted by molar-refractivity contribution is 0.0937. The van der Waals surface area contributed by atoms with Crippen LogP contribution in [0.2, 0.25) is 0 Å². The van der Waals surface area contributed by atoms with Crippen molar-refractivity contribution >= 4 is 25.6 Å². The molecule has 0 saturated heterocycles. The molecular formula is C14H21ClN2O3S. The summed E-state index contributed by atoms with van der Waals surface area (Å²) in [5.74, 6) is 0.925. The lowest BCUT2D eigenvalue weighted by Gasteiger charge is -2.12. The van der Waals surface area contributed by atoms with Gasteiger partial charge in [-0.1, -0.05) is 13.8 Å². The van der Waals surface area contributed by atoms with Crippen molar-refractivity contribution in [2.24, 2.45) is 11.8 Å². The van der Waals surface area contributed by atoms with Crippen LogP contribution in [0.1, 0.15) is 43.6 Å². The number of aromatic nitrogens is 1. The molecule has 5 nitrogen and oxygen atoms in total. The van der Waals surface area contributed by atoms with Gasteiger partial charge < -0.3 is 9.88 Å². The highest BCUT2D eigenvalue weighted by Crippen LogP contribution is 2.36. The van der Waals surface area contributed by atoms with E-state index in [1.807, 2.05) is 6.92 Å². The number of rotatable bonds is 7. The molecule has 1 unspecified atom stereocenters. The molecule has 1 amide bonds. The predicted molar refractivity (Wildman–Crippen MR) is 82.0 cm³/mol. The fourth-order valence-electron chi connectivity index (χ4n) is 2.41. The van der Waals surface area contributed by atoms with Crippen molar-refractivity contribution in [3.05, 3.63) is 18.0 Å². The second-order valence-electron chi connectivity index (χ2n) is 5.72. The molecule has 2 rings (SSSR count). The summed E-state index contributed by atoms with van der Waals surface area (Å²) in [5, 5.41) is 2.89. The predicted octanol–water partition coefficient (Wildman–Crippen LogP) is 2.60. The van der Waals surface area contributed by atoms with E-state index in [-0.39, 0.29) is 10.8 Å². The van der Waals surface area contributed by atoms with Gasteiger partial charge in [0.2, 0.25) is 0 Å². The van der Waals surface area contributed by atoms with E-state index in [0.717, 1.165) is 6.42 Å². The third kappa shape index (κ3) is 4.23. The van der Waals surface area contributed by atoms with Crippen molar-refractivity contribution in [1.82, 2.24) is 9.88 Å². The van der Waals surface area contributed by atoms with Crippen LogP contribution in [0, 0.1) is 11.8 Å². The van der Waals surface area contributed by atoms with E-state index < -0.39 is 9.05 Å². The Morgan fingerprint density at radius 3 is 2.71 bits per heavy atom. The van der Waals surface area contributed by atoms with E-state index in [1.165, 1.54) is 25.1 Å². The largest absolute Gasteiger partial charge is 0.350 e. The molecule has 21 heavy (non-hydrogen) atoms. The zero-order valence-corrected chi connectivity index (χ0v) is 13.9. The number of nitrogens with zero attached hydrogens (tertiary/aromatic N) is 1. The van der Waals surface area contributed by atoms with Gasteiger partial charge in [-0.2, -0.15) is 0 Å². The minimum Gasteiger partial charge on any atom is -0.350 e. The fourth-order valence-corrected chi connectivity index (χ4v) is 3.17. The van der Waals surface area contributed by atoms with Crippen LogP contribution < -0.4 is 5.32 Å². The number of aryl methyl sites for hydroxylation is 1. The Morgan fingerprint density at radius 1 is 1.52 bits per heavy atom. The summed E-state index contributed by atoms with van der Waals surface area (Å²) < 4.78 is 24.5. The van der Waals surface area contributed by atoms with Gasteiger partial charge in [-0.3, -0.25) is 4.79 Å². The maximum Gasteiger partial charge on any atom is 0.267 e. The average Bonchev–Trinajstić information content (AvgIpc) is 3.16. The fraction of sp³-hybridized carbons (Fsp3) is 0.643. The normalized spacial score (nSPS) is 16.7. The first-order chi connectivity index (χ1) is 9.82. The van der Waals surface area contributed by atoms with E-state index in [0.29, 0.717) is 30.6 Å². The molecule has 0 aliphatic heterocycles. The lowest BCUT2D eigenvalue weighted by atomic mass is 10.1. The zero-order chi connectivity index (χ0) is 15.6. The monoisotopic (exact) mass is 332 g/mol.